The van der Waals surface area contributed by atoms with E-state index < -0.39 is 5.82 Å². The molecule has 0 saturated carbocycles. The Bertz CT molecular complexity index is 607. The molecule has 0 bridgehead atoms. The Morgan fingerprint density at radius 2 is 2.14 bits per heavy atom. The van der Waals surface area contributed by atoms with Gasteiger partial charge in [0.25, 0.3) is 0 Å². The third-order valence-electron chi connectivity index (χ3n) is 2.63. The van der Waals surface area contributed by atoms with Crippen molar-refractivity contribution in [2.75, 3.05) is 6.54 Å². The van der Waals surface area contributed by atoms with E-state index in [1.54, 1.807) is 18.3 Å². The molecule has 0 aliphatic carbocycles. The van der Waals surface area contributed by atoms with Crippen molar-refractivity contribution < 1.29 is 9.13 Å². The van der Waals surface area contributed by atoms with Crippen molar-refractivity contribution in [3.63, 3.8) is 0 Å². The first-order valence-electron chi connectivity index (χ1n) is 6.69. The van der Waals surface area contributed by atoms with Gasteiger partial charge < -0.3 is 10.1 Å². The standard InChI is InChI=1S/C15H17BrFN3O/c1-10(2)6-18-7-12-8-19-9-15(20-12)21-14-4-3-11(16)5-13(14)17/h3-5,8-10,18H,6-7H2,1-2H3. The molecule has 0 saturated heterocycles. The zero-order chi connectivity index (χ0) is 15.2. The highest BCUT2D eigenvalue weighted by atomic mass is 79.9. The molecule has 0 unspecified atom stereocenters. The predicted octanol–water partition coefficient (Wildman–Crippen LogP) is 3.92. The lowest BCUT2D eigenvalue weighted by atomic mass is 10.2. The lowest BCUT2D eigenvalue weighted by Crippen LogP contribution is -2.19. The Labute approximate surface area is 131 Å². The van der Waals surface area contributed by atoms with E-state index in [9.17, 15) is 4.39 Å². The Kier molecular flexibility index (Phi) is 5.64. The summed E-state index contributed by atoms with van der Waals surface area (Å²) in [7, 11) is 0. The first-order chi connectivity index (χ1) is 10.0. The molecule has 1 aromatic carbocycles. The number of hydrogen-bond donors (Lipinski definition) is 1. The van der Waals surface area contributed by atoms with Crippen LogP contribution in [0, 0.1) is 11.7 Å². The molecule has 0 fully saturated rings. The van der Waals surface area contributed by atoms with Gasteiger partial charge in [-0.15, -0.1) is 0 Å². The largest absolute Gasteiger partial charge is 0.434 e. The minimum atomic E-state index is -0.450. The molecule has 0 amide bonds. The molecule has 4 nitrogen and oxygen atoms in total. The maximum Gasteiger partial charge on any atom is 0.238 e. The molecule has 2 rings (SSSR count). The molecule has 0 spiro atoms. The van der Waals surface area contributed by atoms with Gasteiger partial charge in [0, 0.05) is 17.2 Å². The van der Waals surface area contributed by atoms with Crippen LogP contribution >= 0.6 is 15.9 Å². The van der Waals surface area contributed by atoms with Crippen LogP contribution in [0.25, 0.3) is 0 Å². The monoisotopic (exact) mass is 353 g/mol. The molecule has 0 atom stereocenters. The van der Waals surface area contributed by atoms with Crippen LogP contribution in [0.3, 0.4) is 0 Å². The van der Waals surface area contributed by atoms with Crippen molar-refractivity contribution in [1.29, 1.82) is 0 Å². The van der Waals surface area contributed by atoms with Crippen LogP contribution in [0.1, 0.15) is 19.5 Å². The molecular formula is C15H17BrFN3O. The van der Waals surface area contributed by atoms with Gasteiger partial charge in [0.05, 0.1) is 11.9 Å². The molecule has 0 radical (unpaired) electrons. The van der Waals surface area contributed by atoms with Crippen LogP contribution in [-0.2, 0) is 6.54 Å². The van der Waals surface area contributed by atoms with Crippen LogP contribution in [0.15, 0.2) is 35.1 Å². The second kappa shape index (κ2) is 7.47. The fourth-order valence-corrected chi connectivity index (χ4v) is 2.01. The summed E-state index contributed by atoms with van der Waals surface area (Å²) in [6, 6.07) is 4.60. The molecule has 6 heteroatoms. The van der Waals surface area contributed by atoms with Gasteiger partial charge >= 0.3 is 0 Å². The maximum atomic E-state index is 13.7. The van der Waals surface area contributed by atoms with Crippen LogP contribution < -0.4 is 10.1 Å². The minimum absolute atomic E-state index is 0.125. The van der Waals surface area contributed by atoms with E-state index in [1.807, 2.05) is 0 Å². The van der Waals surface area contributed by atoms with Crippen molar-refractivity contribution >= 4 is 15.9 Å². The molecule has 21 heavy (non-hydrogen) atoms. The summed E-state index contributed by atoms with van der Waals surface area (Å²) in [5.74, 6) is 0.517. The lowest BCUT2D eigenvalue weighted by Gasteiger charge is -2.09. The second-order valence-corrected chi connectivity index (χ2v) is 5.97. The molecule has 1 N–H and O–H groups in total. The van der Waals surface area contributed by atoms with Gasteiger partial charge in [0.15, 0.2) is 11.6 Å². The van der Waals surface area contributed by atoms with Gasteiger partial charge in [-0.05, 0) is 30.7 Å². The number of rotatable bonds is 6. The Hall–Kier alpha value is -1.53. The Balaban J connectivity index is 2.03. The Morgan fingerprint density at radius 3 is 2.86 bits per heavy atom. The normalized spacial score (nSPS) is 10.9. The molecule has 112 valence electrons. The van der Waals surface area contributed by atoms with Crippen molar-refractivity contribution in [2.24, 2.45) is 5.92 Å². The van der Waals surface area contributed by atoms with Crippen molar-refractivity contribution in [3.05, 3.63) is 46.6 Å². The highest BCUT2D eigenvalue weighted by Crippen LogP contribution is 2.25. The molecule has 0 aliphatic rings. The average Bonchev–Trinajstić information content (AvgIpc) is 2.42. The summed E-state index contributed by atoms with van der Waals surface area (Å²) in [5, 5.41) is 3.27. The van der Waals surface area contributed by atoms with Crippen molar-refractivity contribution in [1.82, 2.24) is 15.3 Å². The van der Waals surface area contributed by atoms with E-state index >= 15 is 0 Å². The molecule has 2 aromatic rings. The average molecular weight is 354 g/mol. The number of hydrogen-bond acceptors (Lipinski definition) is 4. The van der Waals surface area contributed by atoms with E-state index in [0.29, 0.717) is 16.9 Å². The van der Waals surface area contributed by atoms with Gasteiger partial charge in [-0.1, -0.05) is 29.8 Å². The van der Waals surface area contributed by atoms with E-state index in [-0.39, 0.29) is 11.6 Å². The highest BCUT2D eigenvalue weighted by Gasteiger charge is 2.07. The quantitative estimate of drug-likeness (QED) is 0.854. The fraction of sp³-hybridized carbons (Fsp3) is 0.333. The third kappa shape index (κ3) is 5.06. The topological polar surface area (TPSA) is 47.0 Å². The van der Waals surface area contributed by atoms with E-state index in [2.05, 4.69) is 45.1 Å². The van der Waals surface area contributed by atoms with E-state index in [1.165, 1.54) is 12.3 Å². The SMILES string of the molecule is CC(C)CNCc1cncc(Oc2ccc(Br)cc2F)n1. The van der Waals surface area contributed by atoms with Crippen LogP contribution in [-0.4, -0.2) is 16.5 Å². The van der Waals surface area contributed by atoms with Crippen LogP contribution in [0.4, 0.5) is 4.39 Å². The third-order valence-corrected chi connectivity index (χ3v) is 3.12. The first kappa shape index (κ1) is 15.9. The number of benzene rings is 1. The Morgan fingerprint density at radius 1 is 1.33 bits per heavy atom. The number of nitrogens with one attached hydrogen (secondary N) is 1. The minimum Gasteiger partial charge on any atom is -0.434 e. The van der Waals surface area contributed by atoms with Gasteiger partial charge in [0.2, 0.25) is 5.88 Å². The summed E-state index contributed by atoms with van der Waals surface area (Å²) in [4.78, 5) is 8.37. The summed E-state index contributed by atoms with van der Waals surface area (Å²) >= 11 is 3.20. The van der Waals surface area contributed by atoms with Crippen molar-refractivity contribution in [3.8, 4) is 11.6 Å². The number of halogens is 2. The predicted molar refractivity (Wildman–Crippen MR) is 82.8 cm³/mol. The lowest BCUT2D eigenvalue weighted by molar-refractivity contribution is 0.422. The number of aromatic nitrogens is 2. The number of nitrogens with zero attached hydrogens (tertiary/aromatic N) is 2. The fourth-order valence-electron chi connectivity index (χ4n) is 1.68. The van der Waals surface area contributed by atoms with Crippen molar-refractivity contribution in [2.45, 2.75) is 20.4 Å². The first-order valence-corrected chi connectivity index (χ1v) is 7.48. The van der Waals surface area contributed by atoms with Crippen LogP contribution in [0.5, 0.6) is 11.6 Å². The molecular weight excluding hydrogens is 337 g/mol. The summed E-state index contributed by atoms with van der Waals surface area (Å²) in [6.07, 6.45) is 3.13. The summed E-state index contributed by atoms with van der Waals surface area (Å²) in [5.41, 5.74) is 0.755. The number of ether oxygens (including phenoxy) is 1. The summed E-state index contributed by atoms with van der Waals surface area (Å²) in [6.45, 7) is 5.77. The molecule has 1 aromatic heterocycles. The zero-order valence-corrected chi connectivity index (χ0v) is 13.5. The van der Waals surface area contributed by atoms with Gasteiger partial charge in [-0.2, -0.15) is 0 Å². The van der Waals surface area contributed by atoms with Gasteiger partial charge in [0.1, 0.15) is 0 Å². The highest BCUT2D eigenvalue weighted by molar-refractivity contribution is 9.10. The summed E-state index contributed by atoms with van der Waals surface area (Å²) < 4.78 is 19.8. The van der Waals surface area contributed by atoms with Crippen LogP contribution in [0.2, 0.25) is 0 Å². The van der Waals surface area contributed by atoms with E-state index in [0.717, 1.165) is 12.2 Å². The molecule has 1 heterocycles. The van der Waals surface area contributed by atoms with Gasteiger partial charge in [-0.25, -0.2) is 9.37 Å². The van der Waals surface area contributed by atoms with E-state index in [4.69, 9.17) is 4.74 Å². The molecule has 0 aliphatic heterocycles. The zero-order valence-electron chi connectivity index (χ0n) is 11.9. The smallest absolute Gasteiger partial charge is 0.238 e. The second-order valence-electron chi connectivity index (χ2n) is 5.05. The van der Waals surface area contributed by atoms with Gasteiger partial charge in [-0.3, -0.25) is 4.98 Å². The maximum absolute atomic E-state index is 13.7.